The maximum absolute atomic E-state index is 13.5. The minimum Gasteiger partial charge on any atom is -0.368 e. The topological polar surface area (TPSA) is 115 Å². The van der Waals surface area contributed by atoms with E-state index in [2.05, 4.69) is 10.3 Å². The molecule has 0 bridgehead atoms. The zero-order valence-electron chi connectivity index (χ0n) is 15.5. The number of halogens is 3. The molecule has 2 atom stereocenters. The molecule has 2 aromatic rings. The quantitative estimate of drug-likeness (QED) is 0.340. The molecule has 0 radical (unpaired) electrons. The largest absolute Gasteiger partial charge is 0.417 e. The predicted molar refractivity (Wildman–Crippen MR) is 100 cm³/mol. The van der Waals surface area contributed by atoms with Gasteiger partial charge in [0.2, 0.25) is 0 Å². The highest BCUT2D eigenvalue weighted by atomic mass is 31.2. The Morgan fingerprint density at radius 2 is 2.10 bits per heavy atom. The molecule has 0 aliphatic heterocycles. The van der Waals surface area contributed by atoms with Crippen LogP contribution in [0, 0.1) is 10.1 Å². The summed E-state index contributed by atoms with van der Waals surface area (Å²) in [5.74, 6) is 0. The van der Waals surface area contributed by atoms with Crippen LogP contribution in [0.1, 0.15) is 25.8 Å². The molecule has 158 valence electrons. The maximum Gasteiger partial charge on any atom is 0.417 e. The van der Waals surface area contributed by atoms with E-state index in [1.165, 1.54) is 24.5 Å². The number of alkyl halides is 3. The molecule has 0 aliphatic carbocycles. The zero-order valence-corrected chi connectivity index (χ0v) is 16.4. The highest BCUT2D eigenvalue weighted by Gasteiger charge is 2.37. The summed E-state index contributed by atoms with van der Waals surface area (Å²) in [5, 5.41) is 13.7. The number of rotatable bonds is 8. The van der Waals surface area contributed by atoms with Gasteiger partial charge < -0.3 is 14.7 Å². The number of nitrogens with one attached hydrogen (secondary N) is 1. The van der Waals surface area contributed by atoms with E-state index in [-0.39, 0.29) is 16.8 Å². The monoisotopic (exact) mass is 433 g/mol. The molecule has 2 unspecified atom stereocenters. The van der Waals surface area contributed by atoms with E-state index in [1.54, 1.807) is 13.8 Å². The summed E-state index contributed by atoms with van der Waals surface area (Å²) in [4.78, 5) is 24.0. The van der Waals surface area contributed by atoms with Crippen LogP contribution in [0.15, 0.2) is 36.7 Å². The third-order valence-corrected chi connectivity index (χ3v) is 5.25. The number of nitro benzene ring substituents is 1. The smallest absolute Gasteiger partial charge is 0.368 e. The first-order valence-corrected chi connectivity index (χ1v) is 10.2. The molecule has 0 saturated heterocycles. The van der Waals surface area contributed by atoms with Crippen LogP contribution in [0.4, 0.5) is 24.5 Å². The average Bonchev–Trinajstić information content (AvgIpc) is 2.65. The molecule has 2 rings (SSSR count). The lowest BCUT2D eigenvalue weighted by molar-refractivity contribution is -0.384. The molecule has 0 spiro atoms. The summed E-state index contributed by atoms with van der Waals surface area (Å²) in [6.45, 7) is 3.31. The van der Waals surface area contributed by atoms with Gasteiger partial charge in [-0.15, -0.1) is 0 Å². The highest BCUT2D eigenvalue weighted by molar-refractivity contribution is 7.52. The van der Waals surface area contributed by atoms with Crippen molar-refractivity contribution in [3.05, 3.63) is 52.3 Å². The summed E-state index contributed by atoms with van der Waals surface area (Å²) in [5.41, 5.74) is -2.71. The minimum atomic E-state index is -4.86. The van der Waals surface area contributed by atoms with Gasteiger partial charge in [-0.1, -0.05) is 13.0 Å². The van der Waals surface area contributed by atoms with Crippen molar-refractivity contribution in [2.24, 2.45) is 0 Å². The van der Waals surface area contributed by atoms with Crippen molar-refractivity contribution in [3.8, 4) is 11.1 Å². The van der Waals surface area contributed by atoms with Crippen molar-refractivity contribution in [1.82, 2.24) is 4.98 Å². The molecular weight excluding hydrogens is 414 g/mol. The summed E-state index contributed by atoms with van der Waals surface area (Å²) < 4.78 is 57.6. The van der Waals surface area contributed by atoms with Crippen molar-refractivity contribution < 1.29 is 32.1 Å². The van der Waals surface area contributed by atoms with Gasteiger partial charge in [-0.05, 0) is 31.0 Å². The third kappa shape index (κ3) is 5.99. The van der Waals surface area contributed by atoms with Crippen molar-refractivity contribution in [2.75, 3.05) is 11.6 Å². The normalized spacial score (nSPS) is 14.8. The predicted octanol–water partition coefficient (Wildman–Crippen LogP) is 5.05. The molecule has 8 nitrogen and oxygen atoms in total. The molecule has 0 amide bonds. The van der Waals surface area contributed by atoms with Crippen LogP contribution in [0.2, 0.25) is 0 Å². The lowest BCUT2D eigenvalue weighted by Crippen LogP contribution is -2.13. The van der Waals surface area contributed by atoms with Gasteiger partial charge in [-0.2, -0.15) is 13.2 Å². The Morgan fingerprint density at radius 1 is 1.41 bits per heavy atom. The number of nitro groups is 1. The van der Waals surface area contributed by atoms with Crippen LogP contribution in [0.25, 0.3) is 11.1 Å². The fourth-order valence-corrected chi connectivity index (χ4v) is 3.61. The Bertz CT molecular complexity index is 925. The van der Waals surface area contributed by atoms with E-state index in [1.807, 2.05) is 0 Å². The summed E-state index contributed by atoms with van der Waals surface area (Å²) in [7, 11) is -4.18. The lowest BCUT2D eigenvalue weighted by atomic mass is 9.98. The lowest BCUT2D eigenvalue weighted by Gasteiger charge is -2.19. The van der Waals surface area contributed by atoms with E-state index in [9.17, 15) is 32.7 Å². The van der Waals surface area contributed by atoms with Crippen LogP contribution in [-0.2, 0) is 15.3 Å². The molecular formula is C17H19F3N3O5P. The molecule has 2 N–H and O–H groups in total. The minimum absolute atomic E-state index is 0.0841. The van der Waals surface area contributed by atoms with Crippen molar-refractivity contribution in [1.29, 1.82) is 0 Å². The van der Waals surface area contributed by atoms with E-state index < -0.39 is 42.3 Å². The van der Waals surface area contributed by atoms with Gasteiger partial charge in [-0.25, -0.2) is 0 Å². The van der Waals surface area contributed by atoms with Gasteiger partial charge in [0.1, 0.15) is 12.0 Å². The second-order valence-electron chi connectivity index (χ2n) is 6.21. The Labute approximate surface area is 164 Å². The van der Waals surface area contributed by atoms with Crippen LogP contribution in [-0.4, -0.2) is 27.2 Å². The first kappa shape index (κ1) is 22.8. The maximum atomic E-state index is 13.5. The van der Waals surface area contributed by atoms with E-state index in [0.717, 1.165) is 6.07 Å². The second-order valence-corrected chi connectivity index (χ2v) is 8.01. The summed E-state index contributed by atoms with van der Waals surface area (Å²) in [6, 6.07) is 4.10. The highest BCUT2D eigenvalue weighted by Crippen LogP contribution is 2.46. The molecule has 1 aromatic carbocycles. The SMILES string of the molecule is CCC(C)OP(=O)(O)CNc1cc(-c2cccnc2)c(C(F)(F)F)cc1[N+](=O)[O-]. The summed E-state index contributed by atoms with van der Waals surface area (Å²) in [6.07, 6.45) is -3.10. The van der Waals surface area contributed by atoms with Crippen molar-refractivity contribution >= 4 is 19.0 Å². The van der Waals surface area contributed by atoms with Crippen LogP contribution in [0.5, 0.6) is 0 Å². The third-order valence-electron chi connectivity index (χ3n) is 4.00. The van der Waals surface area contributed by atoms with E-state index in [4.69, 9.17) is 4.52 Å². The molecule has 0 fully saturated rings. The van der Waals surface area contributed by atoms with Gasteiger partial charge in [-0.3, -0.25) is 19.7 Å². The number of hydrogen-bond acceptors (Lipinski definition) is 6. The fraction of sp³-hybridized carbons (Fsp3) is 0.353. The Balaban J connectivity index is 2.51. The number of benzene rings is 1. The Morgan fingerprint density at radius 3 is 2.62 bits per heavy atom. The van der Waals surface area contributed by atoms with Crippen molar-refractivity contribution in [3.63, 3.8) is 0 Å². The number of pyridine rings is 1. The first-order chi connectivity index (χ1) is 13.4. The van der Waals surface area contributed by atoms with Crippen molar-refractivity contribution in [2.45, 2.75) is 32.5 Å². The van der Waals surface area contributed by atoms with Crippen LogP contribution >= 0.6 is 7.60 Å². The van der Waals surface area contributed by atoms with Crippen LogP contribution < -0.4 is 5.32 Å². The molecule has 0 saturated carbocycles. The second kappa shape index (κ2) is 8.89. The van der Waals surface area contributed by atoms with Gasteiger partial charge in [0.25, 0.3) is 5.69 Å². The molecule has 29 heavy (non-hydrogen) atoms. The number of aromatic nitrogens is 1. The summed E-state index contributed by atoms with van der Waals surface area (Å²) >= 11 is 0. The standard InChI is InChI=1S/C17H19F3N3O5P/c1-3-11(2)28-29(26,27)10-22-15-7-13(12-5-4-6-21-9-12)14(17(18,19)20)8-16(15)23(24)25/h4-9,11,22H,3,10H2,1-2H3,(H,26,27). The molecule has 1 heterocycles. The molecule has 1 aromatic heterocycles. The van der Waals surface area contributed by atoms with Gasteiger partial charge >= 0.3 is 13.8 Å². The van der Waals surface area contributed by atoms with E-state index in [0.29, 0.717) is 12.5 Å². The molecule has 0 aliphatic rings. The Hall–Kier alpha value is -2.49. The van der Waals surface area contributed by atoms with E-state index >= 15 is 0 Å². The molecule has 12 heteroatoms. The number of nitrogens with zero attached hydrogens (tertiary/aromatic N) is 2. The zero-order chi connectivity index (χ0) is 21.8. The fourth-order valence-electron chi connectivity index (χ4n) is 2.45. The number of hydrogen-bond donors (Lipinski definition) is 2. The Kier molecular flexibility index (Phi) is 6.99. The number of anilines is 1. The average molecular weight is 433 g/mol. The first-order valence-electron chi connectivity index (χ1n) is 8.48. The van der Waals surface area contributed by atoms with Crippen LogP contribution in [0.3, 0.4) is 0 Å². The van der Waals surface area contributed by atoms with Gasteiger partial charge in [0, 0.05) is 24.0 Å². The van der Waals surface area contributed by atoms with Gasteiger partial charge in [0.05, 0.1) is 16.6 Å². The van der Waals surface area contributed by atoms with Gasteiger partial charge in [0.15, 0.2) is 0 Å².